The molecular weight excluding hydrogens is 146 g/mol. The van der Waals surface area contributed by atoms with Gasteiger partial charge in [-0.05, 0) is 17.6 Å². The highest BCUT2D eigenvalue weighted by atomic mass is 14.9. The molecule has 1 heteroatoms. The molecule has 0 amide bonds. The van der Waals surface area contributed by atoms with Crippen LogP contribution >= 0.6 is 0 Å². The van der Waals surface area contributed by atoms with E-state index in [0.717, 1.165) is 19.5 Å². The van der Waals surface area contributed by atoms with Crippen LogP contribution in [-0.2, 0) is 0 Å². The highest BCUT2D eigenvalue weighted by Gasteiger charge is 2.08. The van der Waals surface area contributed by atoms with Gasteiger partial charge in [0.25, 0.3) is 0 Å². The average Bonchev–Trinajstić information content (AvgIpc) is 2.46. The van der Waals surface area contributed by atoms with E-state index in [9.17, 15) is 0 Å². The van der Waals surface area contributed by atoms with Crippen LogP contribution in [0.2, 0.25) is 0 Å². The molecule has 1 heterocycles. The minimum atomic E-state index is 1.05. The van der Waals surface area contributed by atoms with Gasteiger partial charge in [-0.25, -0.2) is 0 Å². The zero-order chi connectivity index (χ0) is 8.81. The van der Waals surface area contributed by atoms with Gasteiger partial charge in [-0.3, -0.25) is 0 Å². The van der Waals surface area contributed by atoms with E-state index in [4.69, 9.17) is 0 Å². The summed E-state index contributed by atoms with van der Waals surface area (Å²) in [6, 6.07) is 0. The highest BCUT2D eigenvalue weighted by Crippen LogP contribution is 2.15. The van der Waals surface area contributed by atoms with Gasteiger partial charge in [-0.1, -0.05) is 38.2 Å². The molecule has 0 atom stereocenters. The van der Waals surface area contributed by atoms with E-state index in [1.807, 2.05) is 13.8 Å². The summed E-state index contributed by atoms with van der Waals surface area (Å²) in [6.45, 7) is 6.10. The van der Waals surface area contributed by atoms with Crippen LogP contribution in [0.5, 0.6) is 0 Å². The van der Waals surface area contributed by atoms with E-state index in [2.05, 4.69) is 29.6 Å². The molecule has 0 aromatic rings. The normalized spacial score (nSPS) is 19.8. The predicted octanol–water partition coefficient (Wildman–Crippen LogP) is 2.43. The first-order valence-corrected chi connectivity index (χ1v) is 4.72. The van der Waals surface area contributed by atoms with Crippen LogP contribution in [0.25, 0.3) is 0 Å². The van der Waals surface area contributed by atoms with Crippen LogP contribution < -0.4 is 5.32 Å². The maximum atomic E-state index is 3.32. The molecule has 0 aromatic heterocycles. The van der Waals surface area contributed by atoms with Crippen LogP contribution in [0.3, 0.4) is 0 Å². The van der Waals surface area contributed by atoms with Gasteiger partial charge < -0.3 is 5.32 Å². The van der Waals surface area contributed by atoms with Crippen molar-refractivity contribution in [2.45, 2.75) is 20.3 Å². The number of hydrogen-bond acceptors (Lipinski definition) is 1. The summed E-state index contributed by atoms with van der Waals surface area (Å²) in [5.41, 5.74) is 2.93. The maximum Gasteiger partial charge on any atom is 0.0211 e. The standard InChI is InChI=1S/C9H11N.C2H6/c1-2-4-8-6-10-7-9(8)5-3-1;1-2/h2-5,10H,1,6-7H2;1-2H3. The van der Waals surface area contributed by atoms with Gasteiger partial charge >= 0.3 is 0 Å². The molecule has 1 N–H and O–H groups in total. The molecule has 0 fully saturated rings. The van der Waals surface area contributed by atoms with Crippen molar-refractivity contribution in [2.24, 2.45) is 0 Å². The lowest BCUT2D eigenvalue weighted by Crippen LogP contribution is -2.08. The molecule has 0 unspecified atom stereocenters. The van der Waals surface area contributed by atoms with E-state index in [-0.39, 0.29) is 0 Å². The van der Waals surface area contributed by atoms with Gasteiger partial charge in [-0.2, -0.15) is 0 Å². The fraction of sp³-hybridized carbons (Fsp3) is 0.455. The third-order valence-corrected chi connectivity index (χ3v) is 1.95. The summed E-state index contributed by atoms with van der Waals surface area (Å²) in [4.78, 5) is 0. The van der Waals surface area contributed by atoms with E-state index in [1.165, 1.54) is 11.1 Å². The smallest absolute Gasteiger partial charge is 0.0211 e. The summed E-state index contributed by atoms with van der Waals surface area (Å²) in [5, 5.41) is 3.32. The van der Waals surface area contributed by atoms with Crippen molar-refractivity contribution in [3.8, 4) is 0 Å². The lowest BCUT2D eigenvalue weighted by Gasteiger charge is -1.90. The number of hydrogen-bond donors (Lipinski definition) is 1. The van der Waals surface area contributed by atoms with Crippen molar-refractivity contribution in [1.82, 2.24) is 5.32 Å². The van der Waals surface area contributed by atoms with Crippen molar-refractivity contribution in [3.63, 3.8) is 0 Å². The van der Waals surface area contributed by atoms with E-state index in [1.54, 1.807) is 0 Å². The van der Waals surface area contributed by atoms with Crippen LogP contribution in [-0.4, -0.2) is 13.1 Å². The molecule has 66 valence electrons. The van der Waals surface area contributed by atoms with E-state index >= 15 is 0 Å². The zero-order valence-electron chi connectivity index (χ0n) is 7.93. The fourth-order valence-electron chi connectivity index (χ4n) is 1.39. The molecule has 0 spiro atoms. The van der Waals surface area contributed by atoms with Crippen molar-refractivity contribution in [2.75, 3.05) is 13.1 Å². The van der Waals surface area contributed by atoms with Crippen LogP contribution in [0.4, 0.5) is 0 Å². The molecule has 2 aliphatic rings. The Kier molecular flexibility index (Phi) is 3.81. The summed E-state index contributed by atoms with van der Waals surface area (Å²) >= 11 is 0. The van der Waals surface area contributed by atoms with Crippen LogP contribution in [0.15, 0.2) is 35.5 Å². The molecule has 0 saturated carbocycles. The largest absolute Gasteiger partial charge is 0.309 e. The number of rotatable bonds is 0. The minimum Gasteiger partial charge on any atom is -0.309 e. The molecule has 0 bridgehead atoms. The van der Waals surface area contributed by atoms with Crippen molar-refractivity contribution >= 4 is 0 Å². The molecule has 1 aliphatic heterocycles. The summed E-state index contributed by atoms with van der Waals surface area (Å²) < 4.78 is 0. The first-order valence-electron chi connectivity index (χ1n) is 4.72. The Labute approximate surface area is 74.9 Å². The lowest BCUT2D eigenvalue weighted by molar-refractivity contribution is 0.873. The van der Waals surface area contributed by atoms with Crippen LogP contribution in [0, 0.1) is 0 Å². The van der Waals surface area contributed by atoms with E-state index in [0.29, 0.717) is 0 Å². The highest BCUT2D eigenvalue weighted by molar-refractivity contribution is 5.40. The SMILES string of the molecule is C1=CC2=C(C=CC1)CNC2.CC. The van der Waals surface area contributed by atoms with Crippen molar-refractivity contribution in [3.05, 3.63) is 35.5 Å². The maximum absolute atomic E-state index is 3.32. The van der Waals surface area contributed by atoms with Gasteiger partial charge in [0.15, 0.2) is 0 Å². The third-order valence-electron chi connectivity index (χ3n) is 1.95. The Morgan fingerprint density at radius 1 is 1.00 bits per heavy atom. The average molecular weight is 163 g/mol. The summed E-state index contributed by atoms with van der Waals surface area (Å²) in [6.07, 6.45) is 9.98. The second-order valence-electron chi connectivity index (χ2n) is 2.69. The third kappa shape index (κ3) is 2.08. The monoisotopic (exact) mass is 163 g/mol. The van der Waals surface area contributed by atoms with Crippen molar-refractivity contribution in [1.29, 1.82) is 0 Å². The molecule has 1 aliphatic carbocycles. The Morgan fingerprint density at radius 3 is 2.00 bits per heavy atom. The molecular formula is C11H17N. The Hall–Kier alpha value is -0.820. The van der Waals surface area contributed by atoms with Gasteiger partial charge in [0, 0.05) is 13.1 Å². The first kappa shape index (κ1) is 9.27. The molecule has 2 rings (SSSR count). The second-order valence-corrected chi connectivity index (χ2v) is 2.69. The predicted molar refractivity (Wildman–Crippen MR) is 54.1 cm³/mol. The van der Waals surface area contributed by atoms with Gasteiger partial charge in [-0.15, -0.1) is 0 Å². The van der Waals surface area contributed by atoms with Gasteiger partial charge in [0.05, 0.1) is 0 Å². The Balaban J connectivity index is 0.000000336. The molecule has 0 radical (unpaired) electrons. The minimum absolute atomic E-state index is 1.05. The Morgan fingerprint density at radius 2 is 1.50 bits per heavy atom. The second kappa shape index (κ2) is 4.94. The molecule has 1 nitrogen and oxygen atoms in total. The molecule has 12 heavy (non-hydrogen) atoms. The summed E-state index contributed by atoms with van der Waals surface area (Å²) in [7, 11) is 0. The topological polar surface area (TPSA) is 12.0 Å². The van der Waals surface area contributed by atoms with E-state index < -0.39 is 0 Å². The Bertz CT molecular complexity index is 199. The number of nitrogens with one attached hydrogen (secondary N) is 1. The van der Waals surface area contributed by atoms with Crippen molar-refractivity contribution < 1.29 is 0 Å². The van der Waals surface area contributed by atoms with Gasteiger partial charge in [0.1, 0.15) is 0 Å². The quantitative estimate of drug-likeness (QED) is 0.578. The summed E-state index contributed by atoms with van der Waals surface area (Å²) in [5.74, 6) is 0. The fourth-order valence-corrected chi connectivity index (χ4v) is 1.39. The lowest BCUT2D eigenvalue weighted by atomic mass is 10.1. The molecule has 0 aromatic carbocycles. The zero-order valence-corrected chi connectivity index (χ0v) is 7.93. The van der Waals surface area contributed by atoms with Crippen LogP contribution in [0.1, 0.15) is 20.3 Å². The van der Waals surface area contributed by atoms with Gasteiger partial charge in [0.2, 0.25) is 0 Å². The number of allylic oxidation sites excluding steroid dienone is 2. The first-order chi connectivity index (χ1) is 5.97. The molecule has 0 saturated heterocycles.